The molecule has 19 heavy (non-hydrogen) atoms. The Morgan fingerprint density at radius 1 is 1.26 bits per heavy atom. The molecular weight excluding hydrogens is 240 g/mol. The number of nitrogens with two attached hydrogens (primary N) is 1. The number of hydrogen-bond acceptors (Lipinski definition) is 5. The minimum Gasteiger partial charge on any atom is -0.339 e. The highest BCUT2D eigenvalue weighted by molar-refractivity contribution is 5.57. The molecule has 0 bridgehead atoms. The van der Waals surface area contributed by atoms with Gasteiger partial charge in [-0.05, 0) is 44.2 Å². The van der Waals surface area contributed by atoms with Crippen molar-refractivity contribution in [2.45, 2.75) is 44.6 Å². The van der Waals surface area contributed by atoms with Gasteiger partial charge in [-0.2, -0.15) is 4.98 Å². The van der Waals surface area contributed by atoms with Gasteiger partial charge in [0.05, 0.1) is 0 Å². The fraction of sp³-hybridized carbons (Fsp3) is 0.500. The topological polar surface area (TPSA) is 77.8 Å². The summed E-state index contributed by atoms with van der Waals surface area (Å²) in [5.74, 6) is 1.73. The summed E-state index contributed by atoms with van der Waals surface area (Å²) in [6, 6.07) is 2.28. The van der Waals surface area contributed by atoms with E-state index in [9.17, 15) is 0 Å². The van der Waals surface area contributed by atoms with Gasteiger partial charge in [-0.3, -0.25) is 4.98 Å². The quantitative estimate of drug-likeness (QED) is 0.895. The normalized spacial score (nSPS) is 23.5. The summed E-state index contributed by atoms with van der Waals surface area (Å²) in [6.45, 7) is 2.02. The van der Waals surface area contributed by atoms with Gasteiger partial charge in [0.15, 0.2) is 0 Å². The van der Waals surface area contributed by atoms with Crippen LogP contribution in [0.25, 0.3) is 11.4 Å². The molecule has 3 rings (SSSR count). The molecule has 100 valence electrons. The average Bonchev–Trinajstić information content (AvgIpc) is 2.89. The van der Waals surface area contributed by atoms with Crippen LogP contribution in [0.4, 0.5) is 0 Å². The van der Waals surface area contributed by atoms with Crippen LogP contribution in [0, 0.1) is 6.92 Å². The molecule has 2 aromatic heterocycles. The van der Waals surface area contributed by atoms with E-state index in [1.165, 1.54) is 0 Å². The van der Waals surface area contributed by atoms with Crippen LogP contribution in [0.15, 0.2) is 23.0 Å². The molecule has 0 aromatic carbocycles. The maximum absolute atomic E-state index is 5.92. The predicted octanol–water partition coefficient (Wildman–Crippen LogP) is 2.42. The molecule has 5 nitrogen and oxygen atoms in total. The van der Waals surface area contributed by atoms with Gasteiger partial charge < -0.3 is 10.3 Å². The third-order valence-electron chi connectivity index (χ3n) is 3.84. The third-order valence-corrected chi connectivity index (χ3v) is 3.84. The number of hydrogen-bond donors (Lipinski definition) is 1. The van der Waals surface area contributed by atoms with Crippen LogP contribution >= 0.6 is 0 Å². The maximum Gasteiger partial charge on any atom is 0.230 e. The van der Waals surface area contributed by atoms with Gasteiger partial charge in [0.2, 0.25) is 11.7 Å². The van der Waals surface area contributed by atoms with E-state index in [1.54, 1.807) is 12.4 Å². The van der Waals surface area contributed by atoms with Crippen molar-refractivity contribution in [3.63, 3.8) is 0 Å². The van der Waals surface area contributed by atoms with Crippen molar-refractivity contribution in [2.75, 3.05) is 0 Å². The summed E-state index contributed by atoms with van der Waals surface area (Å²) in [6.07, 6.45) is 7.69. The zero-order valence-corrected chi connectivity index (χ0v) is 11.0. The molecule has 1 aliphatic carbocycles. The van der Waals surface area contributed by atoms with Crippen LogP contribution in [0.1, 0.15) is 43.1 Å². The van der Waals surface area contributed by atoms with Crippen LogP contribution in [-0.4, -0.2) is 21.2 Å². The minimum absolute atomic E-state index is 0.333. The fourth-order valence-corrected chi connectivity index (χ4v) is 2.57. The lowest BCUT2D eigenvalue weighted by atomic mass is 9.86. The van der Waals surface area contributed by atoms with Crippen molar-refractivity contribution in [3.05, 3.63) is 29.9 Å². The minimum atomic E-state index is 0.333. The van der Waals surface area contributed by atoms with Gasteiger partial charge in [-0.15, -0.1) is 0 Å². The van der Waals surface area contributed by atoms with Gasteiger partial charge in [-0.25, -0.2) is 0 Å². The Bertz CT molecular complexity index is 558. The molecule has 0 saturated heterocycles. The largest absolute Gasteiger partial charge is 0.339 e. The fourth-order valence-electron chi connectivity index (χ4n) is 2.57. The van der Waals surface area contributed by atoms with Crippen molar-refractivity contribution in [3.8, 4) is 11.4 Å². The summed E-state index contributed by atoms with van der Waals surface area (Å²) < 4.78 is 5.42. The van der Waals surface area contributed by atoms with Gasteiger partial charge in [0.1, 0.15) is 0 Å². The second-order valence-electron chi connectivity index (χ2n) is 5.26. The van der Waals surface area contributed by atoms with Crippen molar-refractivity contribution in [1.82, 2.24) is 15.1 Å². The highest BCUT2D eigenvalue weighted by atomic mass is 16.5. The van der Waals surface area contributed by atoms with Gasteiger partial charge in [-0.1, -0.05) is 5.16 Å². The Labute approximate surface area is 112 Å². The molecule has 0 spiro atoms. The standard InChI is InChI=1S/C14H18N4O/c1-9-6-7-16-8-12(9)13-17-14(19-18-13)10-2-4-11(15)5-3-10/h6-8,10-11H,2-5,15H2,1H3. The third kappa shape index (κ3) is 2.51. The predicted molar refractivity (Wildman–Crippen MR) is 71.5 cm³/mol. The second kappa shape index (κ2) is 5.09. The number of nitrogens with zero attached hydrogens (tertiary/aromatic N) is 3. The lowest BCUT2D eigenvalue weighted by Gasteiger charge is -2.22. The van der Waals surface area contributed by atoms with Crippen LogP contribution in [0.3, 0.4) is 0 Å². The van der Waals surface area contributed by atoms with Crippen molar-refractivity contribution < 1.29 is 4.52 Å². The lowest BCUT2D eigenvalue weighted by Crippen LogP contribution is -2.25. The second-order valence-corrected chi connectivity index (χ2v) is 5.26. The Morgan fingerprint density at radius 2 is 2.05 bits per heavy atom. The average molecular weight is 258 g/mol. The molecule has 1 aliphatic rings. The first kappa shape index (κ1) is 12.3. The molecule has 2 aromatic rings. The van der Waals surface area contributed by atoms with Crippen LogP contribution in [-0.2, 0) is 0 Å². The van der Waals surface area contributed by atoms with E-state index in [1.807, 2.05) is 13.0 Å². The molecule has 0 amide bonds. The Hall–Kier alpha value is -1.75. The van der Waals surface area contributed by atoms with E-state index in [0.717, 1.165) is 42.7 Å². The number of rotatable bonds is 2. The van der Waals surface area contributed by atoms with Crippen molar-refractivity contribution in [1.29, 1.82) is 0 Å². The molecule has 2 N–H and O–H groups in total. The molecule has 5 heteroatoms. The molecule has 1 fully saturated rings. The highest BCUT2D eigenvalue weighted by Gasteiger charge is 2.25. The smallest absolute Gasteiger partial charge is 0.230 e. The Kier molecular flexibility index (Phi) is 3.29. The SMILES string of the molecule is Cc1ccncc1-c1noc(C2CCC(N)CC2)n1. The van der Waals surface area contributed by atoms with E-state index < -0.39 is 0 Å². The maximum atomic E-state index is 5.92. The first-order valence-corrected chi connectivity index (χ1v) is 6.74. The molecule has 1 saturated carbocycles. The van der Waals surface area contributed by atoms with E-state index in [2.05, 4.69) is 15.1 Å². The van der Waals surface area contributed by atoms with Gasteiger partial charge in [0.25, 0.3) is 0 Å². The summed E-state index contributed by atoms with van der Waals surface area (Å²) in [4.78, 5) is 8.65. The molecule has 0 unspecified atom stereocenters. The molecular formula is C14H18N4O. The molecule has 0 radical (unpaired) electrons. The molecule has 2 heterocycles. The van der Waals surface area contributed by atoms with Crippen LogP contribution < -0.4 is 5.73 Å². The van der Waals surface area contributed by atoms with E-state index in [4.69, 9.17) is 10.3 Å². The van der Waals surface area contributed by atoms with Crippen molar-refractivity contribution >= 4 is 0 Å². The van der Waals surface area contributed by atoms with E-state index >= 15 is 0 Å². The number of pyridine rings is 1. The monoisotopic (exact) mass is 258 g/mol. The molecule has 0 atom stereocenters. The number of aromatic nitrogens is 3. The van der Waals surface area contributed by atoms with Gasteiger partial charge in [0, 0.05) is 29.9 Å². The first-order valence-electron chi connectivity index (χ1n) is 6.74. The van der Waals surface area contributed by atoms with Crippen LogP contribution in [0.5, 0.6) is 0 Å². The zero-order valence-electron chi connectivity index (χ0n) is 11.0. The summed E-state index contributed by atoms with van der Waals surface area (Å²) >= 11 is 0. The summed E-state index contributed by atoms with van der Waals surface area (Å²) in [5.41, 5.74) is 7.96. The Morgan fingerprint density at radius 3 is 2.79 bits per heavy atom. The van der Waals surface area contributed by atoms with Gasteiger partial charge >= 0.3 is 0 Å². The summed E-state index contributed by atoms with van der Waals surface area (Å²) in [7, 11) is 0. The summed E-state index contributed by atoms with van der Waals surface area (Å²) in [5, 5.41) is 4.08. The lowest BCUT2D eigenvalue weighted by molar-refractivity contribution is 0.301. The van der Waals surface area contributed by atoms with E-state index in [0.29, 0.717) is 17.8 Å². The zero-order chi connectivity index (χ0) is 13.2. The molecule has 0 aliphatic heterocycles. The number of aryl methyl sites for hydroxylation is 1. The van der Waals surface area contributed by atoms with E-state index in [-0.39, 0.29) is 0 Å². The van der Waals surface area contributed by atoms with Crippen LogP contribution in [0.2, 0.25) is 0 Å². The Balaban J connectivity index is 1.82. The highest BCUT2D eigenvalue weighted by Crippen LogP contribution is 2.32. The van der Waals surface area contributed by atoms with Crippen molar-refractivity contribution in [2.24, 2.45) is 5.73 Å². The first-order chi connectivity index (χ1) is 9.24.